The Morgan fingerprint density at radius 3 is 2.35 bits per heavy atom. The number of halogens is 1. The molecule has 164 valence electrons. The van der Waals surface area contributed by atoms with Crippen LogP contribution in [0.15, 0.2) is 59.6 Å². The van der Waals surface area contributed by atoms with Crippen molar-refractivity contribution in [2.75, 3.05) is 6.54 Å². The quantitative estimate of drug-likeness (QED) is 0.476. The zero-order valence-corrected chi connectivity index (χ0v) is 18.6. The number of sulfonamides is 1. The number of hydrogen-bond donors (Lipinski definition) is 3. The van der Waals surface area contributed by atoms with Crippen LogP contribution >= 0.6 is 11.6 Å². The van der Waals surface area contributed by atoms with Gasteiger partial charge < -0.3 is 11.1 Å². The Bertz CT molecular complexity index is 1140. The van der Waals surface area contributed by atoms with Gasteiger partial charge in [0.05, 0.1) is 11.1 Å². The second kappa shape index (κ2) is 9.95. The molecule has 0 saturated carbocycles. The van der Waals surface area contributed by atoms with Gasteiger partial charge in [0.25, 0.3) is 10.0 Å². The summed E-state index contributed by atoms with van der Waals surface area (Å²) in [5.41, 5.74) is 8.20. The van der Waals surface area contributed by atoms with E-state index in [1.165, 1.54) is 12.1 Å². The maximum absolute atomic E-state index is 12.3. The fourth-order valence-electron chi connectivity index (χ4n) is 3.04. The first-order valence-corrected chi connectivity index (χ1v) is 11.6. The lowest BCUT2D eigenvalue weighted by Crippen LogP contribution is -2.40. The molecule has 0 fully saturated rings. The number of aromatic nitrogens is 2. The number of imidazole rings is 1. The van der Waals surface area contributed by atoms with E-state index in [9.17, 15) is 13.2 Å². The van der Waals surface area contributed by atoms with Crippen molar-refractivity contribution in [1.82, 2.24) is 19.6 Å². The molecule has 0 atom stereocenters. The Labute approximate surface area is 186 Å². The van der Waals surface area contributed by atoms with Gasteiger partial charge in [-0.25, -0.2) is 22.9 Å². The van der Waals surface area contributed by atoms with E-state index in [0.717, 1.165) is 29.1 Å². The molecular weight excluding hydrogens is 438 g/mol. The molecule has 1 aromatic heterocycles. The largest absolute Gasteiger partial charge is 0.337 e. The number of amides is 2. The van der Waals surface area contributed by atoms with E-state index in [0.29, 0.717) is 18.1 Å². The highest BCUT2D eigenvalue weighted by atomic mass is 35.5. The lowest BCUT2D eigenvalue weighted by molar-refractivity contribution is 0.246. The third-order valence-electron chi connectivity index (χ3n) is 4.70. The highest BCUT2D eigenvalue weighted by molar-refractivity contribution is 7.90. The topological polar surface area (TPSA) is 119 Å². The molecule has 0 aliphatic rings. The molecule has 31 heavy (non-hydrogen) atoms. The second-order valence-corrected chi connectivity index (χ2v) is 8.88. The second-order valence-electron chi connectivity index (χ2n) is 6.81. The van der Waals surface area contributed by atoms with Gasteiger partial charge >= 0.3 is 6.03 Å². The van der Waals surface area contributed by atoms with Crippen LogP contribution in [0.4, 0.5) is 4.79 Å². The maximum Gasteiger partial charge on any atom is 0.328 e. The van der Waals surface area contributed by atoms with E-state index in [-0.39, 0.29) is 11.4 Å². The van der Waals surface area contributed by atoms with Crippen LogP contribution in [-0.2, 0) is 29.4 Å². The number of carbonyl (C=O) groups excluding carboxylic acids is 1. The van der Waals surface area contributed by atoms with Gasteiger partial charge in [-0.05, 0) is 41.8 Å². The number of benzene rings is 2. The predicted molar refractivity (Wildman–Crippen MR) is 120 cm³/mol. The molecule has 3 aromatic rings. The summed E-state index contributed by atoms with van der Waals surface area (Å²) in [5, 5.41) is 3.11. The number of aryl methyl sites for hydroxylation is 1. The normalized spacial score (nSPS) is 11.3. The van der Waals surface area contributed by atoms with Gasteiger partial charge in [-0.3, -0.25) is 4.57 Å². The number of carbonyl (C=O) groups is 1. The summed E-state index contributed by atoms with van der Waals surface area (Å²) in [7, 11) is -3.95. The molecule has 2 amide bonds. The average molecular weight is 462 g/mol. The fraction of sp³-hybridized carbons (Fsp3) is 0.238. The maximum atomic E-state index is 12.3. The third kappa shape index (κ3) is 5.63. The van der Waals surface area contributed by atoms with Crippen LogP contribution in [-0.4, -0.2) is 30.5 Å². The number of urea groups is 1. The molecule has 0 bridgehead atoms. The lowest BCUT2D eigenvalue weighted by Gasteiger charge is -2.11. The molecule has 0 aliphatic carbocycles. The van der Waals surface area contributed by atoms with E-state index >= 15 is 0 Å². The summed E-state index contributed by atoms with van der Waals surface area (Å²) >= 11 is 6.22. The Hall–Kier alpha value is -2.88. The van der Waals surface area contributed by atoms with Crippen molar-refractivity contribution in [3.05, 3.63) is 76.8 Å². The fourth-order valence-corrected chi connectivity index (χ4v) is 4.21. The highest BCUT2D eigenvalue weighted by Gasteiger charge is 2.17. The predicted octanol–water partition coefficient (Wildman–Crippen LogP) is 2.78. The lowest BCUT2D eigenvalue weighted by atomic mass is 10.1. The summed E-state index contributed by atoms with van der Waals surface area (Å²) < 4.78 is 28.5. The molecule has 4 N–H and O–H groups in total. The molecule has 0 saturated heterocycles. The van der Waals surface area contributed by atoms with Crippen molar-refractivity contribution < 1.29 is 13.2 Å². The summed E-state index contributed by atoms with van der Waals surface area (Å²) in [6.07, 6.45) is 2.92. The van der Waals surface area contributed by atoms with Crippen LogP contribution in [0, 0.1) is 0 Å². The number of nitrogens with one attached hydrogen (secondary N) is 2. The van der Waals surface area contributed by atoms with E-state index in [2.05, 4.69) is 10.3 Å². The van der Waals surface area contributed by atoms with Gasteiger partial charge in [0, 0.05) is 25.2 Å². The molecule has 0 unspecified atom stereocenters. The minimum absolute atomic E-state index is 0.0000462. The van der Waals surface area contributed by atoms with Crippen LogP contribution in [0.25, 0.3) is 5.69 Å². The molecule has 8 nitrogen and oxygen atoms in total. The zero-order valence-electron chi connectivity index (χ0n) is 17.0. The smallest absolute Gasteiger partial charge is 0.328 e. The zero-order chi connectivity index (χ0) is 22.4. The minimum atomic E-state index is -3.95. The van der Waals surface area contributed by atoms with Crippen LogP contribution in [0.3, 0.4) is 0 Å². The number of nitrogens with two attached hydrogens (primary N) is 1. The van der Waals surface area contributed by atoms with Gasteiger partial charge in [0.1, 0.15) is 11.0 Å². The summed E-state index contributed by atoms with van der Waals surface area (Å²) in [5.74, 6) is 0.870. The van der Waals surface area contributed by atoms with E-state index in [4.69, 9.17) is 17.3 Å². The standard InChI is InChI=1S/C21H24ClN5O3S/c1-2-20-25-14-19(22)27(20)17-7-3-15(4-8-17)11-12-24-21(28)26-31(29,30)18-9-5-16(13-23)6-10-18/h3-10,14H,2,11-13,23H2,1H3,(H2,24,26,28). The first-order chi connectivity index (χ1) is 14.8. The first-order valence-electron chi connectivity index (χ1n) is 9.75. The molecule has 2 aromatic carbocycles. The van der Waals surface area contributed by atoms with Gasteiger partial charge in [-0.2, -0.15) is 0 Å². The molecule has 1 heterocycles. The van der Waals surface area contributed by atoms with Gasteiger partial charge in [0.15, 0.2) is 0 Å². The van der Waals surface area contributed by atoms with E-state index in [1.54, 1.807) is 18.3 Å². The Balaban J connectivity index is 1.53. The molecule has 0 spiro atoms. The Morgan fingerprint density at radius 2 is 1.74 bits per heavy atom. The Morgan fingerprint density at radius 1 is 1.10 bits per heavy atom. The van der Waals surface area contributed by atoms with Crippen molar-refractivity contribution in [1.29, 1.82) is 0 Å². The van der Waals surface area contributed by atoms with Crippen LogP contribution in [0.2, 0.25) is 5.15 Å². The van der Waals surface area contributed by atoms with Gasteiger partial charge in [0.2, 0.25) is 0 Å². The van der Waals surface area contributed by atoms with Crippen LogP contribution < -0.4 is 15.8 Å². The minimum Gasteiger partial charge on any atom is -0.337 e. The van der Waals surface area contributed by atoms with Crippen molar-refractivity contribution in [2.45, 2.75) is 31.2 Å². The van der Waals surface area contributed by atoms with Crippen molar-refractivity contribution >= 4 is 27.7 Å². The molecule has 3 rings (SSSR count). The van der Waals surface area contributed by atoms with Gasteiger partial charge in [-0.15, -0.1) is 0 Å². The molecular formula is C21H24ClN5O3S. The number of nitrogens with zero attached hydrogens (tertiary/aromatic N) is 2. The third-order valence-corrected chi connectivity index (χ3v) is 6.31. The summed E-state index contributed by atoms with van der Waals surface area (Å²) in [6, 6.07) is 13.0. The van der Waals surface area contributed by atoms with Gasteiger partial charge in [-0.1, -0.05) is 42.8 Å². The van der Waals surface area contributed by atoms with Crippen molar-refractivity contribution in [3.8, 4) is 5.69 Å². The van der Waals surface area contributed by atoms with Crippen molar-refractivity contribution in [3.63, 3.8) is 0 Å². The first kappa shape index (κ1) is 22.8. The molecule has 0 aliphatic heterocycles. The molecule has 0 radical (unpaired) electrons. The summed E-state index contributed by atoms with van der Waals surface area (Å²) in [4.78, 5) is 16.3. The van der Waals surface area contributed by atoms with Crippen molar-refractivity contribution in [2.24, 2.45) is 5.73 Å². The highest BCUT2D eigenvalue weighted by Crippen LogP contribution is 2.20. The van der Waals surface area contributed by atoms with E-state index < -0.39 is 16.1 Å². The SMILES string of the molecule is CCc1ncc(Cl)n1-c1ccc(CCNC(=O)NS(=O)(=O)c2ccc(CN)cc2)cc1. The molecule has 10 heteroatoms. The van der Waals surface area contributed by atoms with E-state index in [1.807, 2.05) is 40.5 Å². The summed E-state index contributed by atoms with van der Waals surface area (Å²) in [6.45, 7) is 2.60. The Kier molecular flexibility index (Phi) is 7.32. The number of hydrogen-bond acceptors (Lipinski definition) is 5. The van der Waals surface area contributed by atoms with Crippen LogP contribution in [0.1, 0.15) is 23.9 Å². The monoisotopic (exact) mass is 461 g/mol. The number of rotatable bonds is 8. The average Bonchev–Trinajstić information content (AvgIpc) is 3.14. The van der Waals surface area contributed by atoms with Crippen LogP contribution in [0.5, 0.6) is 0 Å².